The molecule has 0 radical (unpaired) electrons. The molecule has 0 saturated heterocycles. The number of anilines is 2. The molecule has 0 spiro atoms. The van der Waals surface area contributed by atoms with E-state index in [1.54, 1.807) is 18.2 Å². The number of nitrogens with zero attached hydrogens (tertiary/aromatic N) is 2. The fraction of sp³-hybridized carbons (Fsp3) is 0.227. The van der Waals surface area contributed by atoms with Crippen LogP contribution in [0.1, 0.15) is 10.4 Å². The van der Waals surface area contributed by atoms with Gasteiger partial charge in [0.25, 0.3) is 5.91 Å². The summed E-state index contributed by atoms with van der Waals surface area (Å²) in [6.07, 6.45) is -3.14. The van der Waals surface area contributed by atoms with Crippen LogP contribution < -0.4 is 29.6 Å². The molecule has 0 aliphatic heterocycles. The lowest BCUT2D eigenvalue weighted by Gasteiger charge is -2.15. The smallest absolute Gasteiger partial charge is 0.405 e. The van der Waals surface area contributed by atoms with Gasteiger partial charge >= 0.3 is 6.18 Å². The van der Waals surface area contributed by atoms with Crippen LogP contribution >= 0.6 is 15.9 Å². The number of rotatable bonds is 9. The standard InChI is InChI=1S/C22H20BrF3N4O5/c1-32-16-8-12(9-17(33-2)18(16)34-3)29-21-27-10-14(23)20(30-21)35-15-7-5-4-6-13(15)19(31)28-11-22(24,25)26/h4-10H,11H2,1-3H3,(H,28,31)(H,27,29,30). The molecule has 0 aliphatic carbocycles. The third-order valence-corrected chi connectivity index (χ3v) is 4.96. The van der Waals surface area contributed by atoms with Crippen LogP contribution in [-0.4, -0.2) is 49.9 Å². The number of methoxy groups -OCH3 is 3. The maximum absolute atomic E-state index is 12.5. The molecule has 1 amide bonds. The number of carbonyl (C=O) groups excluding carboxylic acids is 1. The molecule has 0 saturated carbocycles. The number of hydrogen-bond donors (Lipinski definition) is 2. The first-order valence-corrected chi connectivity index (χ1v) is 10.7. The van der Waals surface area contributed by atoms with E-state index in [9.17, 15) is 18.0 Å². The van der Waals surface area contributed by atoms with E-state index >= 15 is 0 Å². The van der Waals surface area contributed by atoms with Crippen LogP contribution in [0.25, 0.3) is 0 Å². The van der Waals surface area contributed by atoms with Gasteiger partial charge in [0.15, 0.2) is 11.5 Å². The third-order valence-electron chi connectivity index (χ3n) is 4.42. The van der Waals surface area contributed by atoms with Gasteiger partial charge in [0, 0.05) is 17.8 Å². The van der Waals surface area contributed by atoms with Gasteiger partial charge in [-0.15, -0.1) is 0 Å². The molecule has 0 atom stereocenters. The molecule has 3 aromatic rings. The number of ether oxygens (including phenoxy) is 4. The van der Waals surface area contributed by atoms with E-state index in [0.29, 0.717) is 27.4 Å². The Morgan fingerprint density at radius 1 is 1.03 bits per heavy atom. The van der Waals surface area contributed by atoms with Crippen LogP contribution in [0.5, 0.6) is 28.9 Å². The minimum absolute atomic E-state index is 0.00492. The zero-order chi connectivity index (χ0) is 25.6. The fourth-order valence-electron chi connectivity index (χ4n) is 2.89. The summed E-state index contributed by atoms with van der Waals surface area (Å²) in [5, 5.41) is 4.81. The van der Waals surface area contributed by atoms with Gasteiger partial charge in [-0.1, -0.05) is 12.1 Å². The number of nitrogens with one attached hydrogen (secondary N) is 2. The first-order valence-electron chi connectivity index (χ1n) is 9.86. The predicted molar refractivity (Wildman–Crippen MR) is 124 cm³/mol. The Labute approximate surface area is 206 Å². The first kappa shape index (κ1) is 25.9. The molecule has 0 unspecified atom stereocenters. The van der Waals surface area contributed by atoms with Crippen molar-refractivity contribution in [2.24, 2.45) is 0 Å². The summed E-state index contributed by atoms with van der Waals surface area (Å²) in [6, 6.07) is 9.14. The molecular formula is C22H20BrF3N4O5. The van der Waals surface area contributed by atoms with Gasteiger partial charge < -0.3 is 29.6 Å². The highest BCUT2D eigenvalue weighted by Gasteiger charge is 2.28. The molecule has 2 aromatic carbocycles. The van der Waals surface area contributed by atoms with Gasteiger partial charge in [-0.05, 0) is 28.1 Å². The van der Waals surface area contributed by atoms with E-state index < -0.39 is 18.6 Å². The molecule has 13 heteroatoms. The number of para-hydroxylation sites is 1. The summed E-state index contributed by atoms with van der Waals surface area (Å²) in [5.74, 6) is 0.414. The fourth-order valence-corrected chi connectivity index (χ4v) is 3.16. The summed E-state index contributed by atoms with van der Waals surface area (Å²) >= 11 is 3.27. The van der Waals surface area contributed by atoms with E-state index in [0.717, 1.165) is 0 Å². The minimum atomic E-state index is -4.55. The summed E-state index contributed by atoms with van der Waals surface area (Å²) in [5.41, 5.74) is 0.418. The molecule has 186 valence electrons. The summed E-state index contributed by atoms with van der Waals surface area (Å²) in [7, 11) is 4.44. The number of amides is 1. The molecule has 35 heavy (non-hydrogen) atoms. The maximum atomic E-state index is 12.5. The van der Waals surface area contributed by atoms with Crippen molar-refractivity contribution in [3.05, 3.63) is 52.6 Å². The van der Waals surface area contributed by atoms with Crippen molar-refractivity contribution in [3.63, 3.8) is 0 Å². The Morgan fingerprint density at radius 2 is 1.69 bits per heavy atom. The second-order valence-corrected chi connectivity index (χ2v) is 7.64. The Morgan fingerprint density at radius 3 is 2.29 bits per heavy atom. The number of halogens is 4. The van der Waals surface area contributed by atoms with Gasteiger partial charge in [-0.2, -0.15) is 18.2 Å². The molecule has 0 aliphatic rings. The van der Waals surface area contributed by atoms with Crippen molar-refractivity contribution in [2.45, 2.75) is 6.18 Å². The lowest BCUT2D eigenvalue weighted by Crippen LogP contribution is -2.33. The maximum Gasteiger partial charge on any atom is 0.405 e. The van der Waals surface area contributed by atoms with Crippen LogP contribution in [0, 0.1) is 0 Å². The second-order valence-electron chi connectivity index (χ2n) is 6.78. The molecule has 2 N–H and O–H groups in total. The molecule has 9 nitrogen and oxygen atoms in total. The molecule has 0 fully saturated rings. The monoisotopic (exact) mass is 556 g/mol. The molecular weight excluding hydrogens is 537 g/mol. The molecule has 3 rings (SSSR count). The highest BCUT2D eigenvalue weighted by molar-refractivity contribution is 9.10. The van der Waals surface area contributed by atoms with E-state index in [-0.39, 0.29) is 23.1 Å². The van der Waals surface area contributed by atoms with E-state index in [4.69, 9.17) is 18.9 Å². The normalized spacial score (nSPS) is 10.9. The van der Waals surface area contributed by atoms with Crippen LogP contribution in [-0.2, 0) is 0 Å². The summed E-state index contributed by atoms with van der Waals surface area (Å²) < 4.78 is 59.5. The molecule has 1 aromatic heterocycles. The van der Waals surface area contributed by atoms with Gasteiger partial charge in [0.1, 0.15) is 12.3 Å². The minimum Gasteiger partial charge on any atom is -0.493 e. The number of benzene rings is 2. The molecule has 0 bridgehead atoms. The van der Waals surface area contributed by atoms with Crippen LogP contribution in [0.4, 0.5) is 24.8 Å². The van der Waals surface area contributed by atoms with Crippen molar-refractivity contribution in [1.29, 1.82) is 0 Å². The molecule has 1 heterocycles. The number of alkyl halides is 3. The SMILES string of the molecule is COc1cc(Nc2ncc(Br)c(Oc3ccccc3C(=O)NCC(F)(F)F)n2)cc(OC)c1OC. The average molecular weight is 557 g/mol. The van der Waals surface area contributed by atoms with Crippen molar-refractivity contribution in [2.75, 3.05) is 33.2 Å². The lowest BCUT2D eigenvalue weighted by atomic mass is 10.2. The van der Waals surface area contributed by atoms with Crippen molar-refractivity contribution >= 4 is 33.5 Å². The van der Waals surface area contributed by atoms with Crippen LogP contribution in [0.15, 0.2) is 47.1 Å². The second kappa shape index (κ2) is 11.1. The van der Waals surface area contributed by atoms with Gasteiger partial charge in [0.2, 0.25) is 17.6 Å². The van der Waals surface area contributed by atoms with Crippen molar-refractivity contribution < 1.29 is 36.9 Å². The zero-order valence-electron chi connectivity index (χ0n) is 18.7. The Bertz CT molecular complexity index is 1180. The summed E-state index contributed by atoms with van der Waals surface area (Å²) in [6.45, 7) is -1.47. The Kier molecular flexibility index (Phi) is 8.22. The quantitative estimate of drug-likeness (QED) is 0.375. The topological polar surface area (TPSA) is 104 Å². The van der Waals surface area contributed by atoms with Crippen molar-refractivity contribution in [1.82, 2.24) is 15.3 Å². The van der Waals surface area contributed by atoms with Gasteiger partial charge in [-0.3, -0.25) is 4.79 Å². The number of carbonyl (C=O) groups is 1. The number of aromatic nitrogens is 2. The predicted octanol–water partition coefficient (Wildman–Crippen LogP) is 5.09. The third kappa shape index (κ3) is 6.66. The zero-order valence-corrected chi connectivity index (χ0v) is 20.3. The lowest BCUT2D eigenvalue weighted by molar-refractivity contribution is -0.123. The van der Waals surface area contributed by atoms with E-state index in [1.807, 2.05) is 5.32 Å². The Hall–Kier alpha value is -3.74. The van der Waals surface area contributed by atoms with Crippen molar-refractivity contribution in [3.8, 4) is 28.9 Å². The average Bonchev–Trinajstić information content (AvgIpc) is 2.83. The first-order chi connectivity index (χ1) is 16.6. The van der Waals surface area contributed by atoms with Crippen LogP contribution in [0.2, 0.25) is 0 Å². The highest BCUT2D eigenvalue weighted by Crippen LogP contribution is 2.40. The van der Waals surface area contributed by atoms with E-state index in [2.05, 4.69) is 31.2 Å². The van der Waals surface area contributed by atoms with Gasteiger partial charge in [-0.25, -0.2) is 4.98 Å². The van der Waals surface area contributed by atoms with Gasteiger partial charge in [0.05, 0.1) is 37.6 Å². The summed E-state index contributed by atoms with van der Waals surface area (Å²) in [4.78, 5) is 20.7. The van der Waals surface area contributed by atoms with E-state index in [1.165, 1.54) is 45.7 Å². The number of hydrogen-bond acceptors (Lipinski definition) is 8. The largest absolute Gasteiger partial charge is 0.493 e. The van der Waals surface area contributed by atoms with Crippen LogP contribution in [0.3, 0.4) is 0 Å². The highest BCUT2D eigenvalue weighted by atomic mass is 79.9. The Balaban J connectivity index is 1.86.